The van der Waals surface area contributed by atoms with Gasteiger partial charge < -0.3 is 28.8 Å². The number of alkyl halides is 1. The van der Waals surface area contributed by atoms with Crippen molar-refractivity contribution in [2.45, 2.75) is 42.6 Å². The monoisotopic (exact) mass is 439 g/mol. The summed E-state index contributed by atoms with van der Waals surface area (Å²) in [5.41, 5.74) is 1.81. The van der Waals surface area contributed by atoms with E-state index in [0.717, 1.165) is 24.3 Å². The van der Waals surface area contributed by atoms with E-state index < -0.39 is 5.79 Å². The predicted molar refractivity (Wildman–Crippen MR) is 103 cm³/mol. The van der Waals surface area contributed by atoms with E-state index >= 15 is 0 Å². The number of hydrogen-bond donors (Lipinski definition) is 0. The van der Waals surface area contributed by atoms with Crippen LogP contribution in [-0.2, 0) is 21.3 Å². The van der Waals surface area contributed by atoms with E-state index in [0.29, 0.717) is 18.3 Å². The third-order valence-corrected chi connectivity index (χ3v) is 9.00. The highest BCUT2D eigenvalue weighted by Gasteiger charge is 2.82. The van der Waals surface area contributed by atoms with Crippen LogP contribution in [0.3, 0.4) is 0 Å². The Morgan fingerprint density at radius 2 is 2.04 bits per heavy atom. The Balaban J connectivity index is 1.87. The lowest BCUT2D eigenvalue weighted by Crippen LogP contribution is -2.71. The van der Waals surface area contributed by atoms with Gasteiger partial charge in [0.25, 0.3) is 0 Å². The number of ether oxygens (including phenoxy) is 4. The van der Waals surface area contributed by atoms with Gasteiger partial charge in [0.05, 0.1) is 31.5 Å². The van der Waals surface area contributed by atoms with Crippen molar-refractivity contribution in [1.29, 1.82) is 0 Å². The average molecular weight is 440 g/mol. The van der Waals surface area contributed by atoms with Gasteiger partial charge in [0.1, 0.15) is 6.04 Å². The van der Waals surface area contributed by atoms with Crippen molar-refractivity contribution < 1.29 is 23.6 Å². The zero-order chi connectivity index (χ0) is 19.2. The van der Waals surface area contributed by atoms with Crippen LogP contribution in [0.5, 0.6) is 11.5 Å². The van der Waals surface area contributed by atoms with Crippen LogP contribution in [0.1, 0.15) is 24.0 Å². The van der Waals surface area contributed by atoms with Gasteiger partial charge in [0.2, 0.25) is 5.79 Å². The summed E-state index contributed by atoms with van der Waals surface area (Å²) >= 11 is 3.81. The van der Waals surface area contributed by atoms with Crippen LogP contribution in [0.4, 0.5) is 0 Å². The van der Waals surface area contributed by atoms with Gasteiger partial charge in [-0.05, 0) is 11.6 Å². The van der Waals surface area contributed by atoms with Crippen LogP contribution in [0, 0.1) is 10.6 Å². The molecule has 1 saturated carbocycles. The molecule has 0 N–H and O–H groups in total. The van der Waals surface area contributed by atoms with Crippen molar-refractivity contribution >= 4 is 15.9 Å². The minimum atomic E-state index is -0.887. The molecule has 2 heterocycles. The fourth-order valence-corrected chi connectivity index (χ4v) is 7.92. The maximum absolute atomic E-state index is 13.6. The molecule has 2 bridgehead atoms. The number of halogens is 1. The summed E-state index contributed by atoms with van der Waals surface area (Å²) in [6.45, 7) is 0.568. The smallest absolute Gasteiger partial charge is 0.207 e. The Kier molecular flexibility index (Phi) is 3.63. The quantitative estimate of drug-likeness (QED) is 0.312. The van der Waals surface area contributed by atoms with E-state index in [1.54, 1.807) is 21.3 Å². The average Bonchev–Trinajstić information content (AvgIpc) is 3.15. The molecule has 4 aliphatic rings. The summed E-state index contributed by atoms with van der Waals surface area (Å²) < 4.78 is 24.0. The number of nitrogens with zero attached hydrogens (tertiary/aromatic N) is 1. The first-order valence-corrected chi connectivity index (χ1v) is 10.6. The van der Waals surface area contributed by atoms with E-state index in [1.165, 1.54) is 11.1 Å². The number of quaternary nitrogens is 1. The fraction of sp³-hybridized carbons (Fsp3) is 0.700. The van der Waals surface area contributed by atoms with Crippen molar-refractivity contribution in [2.24, 2.45) is 5.41 Å². The third kappa shape index (κ3) is 1.77. The number of likely N-dealkylation sites (tertiary alicyclic amines) is 1. The molecule has 1 saturated heterocycles. The van der Waals surface area contributed by atoms with Crippen molar-refractivity contribution in [3.05, 3.63) is 28.5 Å². The molecule has 0 unspecified atom stereocenters. The van der Waals surface area contributed by atoms with Crippen LogP contribution in [-0.4, -0.2) is 62.8 Å². The summed E-state index contributed by atoms with van der Waals surface area (Å²) in [6, 6.07) is 4.00. The number of piperidine rings is 1. The van der Waals surface area contributed by atoms with Gasteiger partial charge in [-0.2, -0.15) is 0 Å². The Morgan fingerprint density at radius 1 is 1.30 bits per heavy atom. The molecule has 6 nitrogen and oxygen atoms in total. The second-order valence-electron chi connectivity index (χ2n) is 8.65. The van der Waals surface area contributed by atoms with E-state index in [9.17, 15) is 5.21 Å². The van der Waals surface area contributed by atoms with Crippen molar-refractivity contribution in [3.63, 3.8) is 0 Å². The second-order valence-corrected chi connectivity index (χ2v) is 9.22. The largest absolute Gasteiger partial charge is 0.633 e. The Hall–Kier alpha value is -0.860. The summed E-state index contributed by atoms with van der Waals surface area (Å²) in [7, 11) is 6.85. The van der Waals surface area contributed by atoms with Gasteiger partial charge in [0.15, 0.2) is 17.6 Å². The molecule has 0 radical (unpaired) electrons. The van der Waals surface area contributed by atoms with Gasteiger partial charge in [-0.15, -0.1) is 0 Å². The zero-order valence-electron chi connectivity index (χ0n) is 16.2. The lowest BCUT2D eigenvalue weighted by molar-refractivity contribution is -0.903. The van der Waals surface area contributed by atoms with Crippen LogP contribution < -0.4 is 9.47 Å². The molecular weight excluding hydrogens is 414 g/mol. The van der Waals surface area contributed by atoms with Crippen LogP contribution in [0.15, 0.2) is 12.1 Å². The number of methoxy groups -OCH3 is 3. The number of hydrogen-bond acceptors (Lipinski definition) is 5. The molecule has 5 rings (SSSR count). The molecule has 2 aliphatic heterocycles. The van der Waals surface area contributed by atoms with Gasteiger partial charge in [-0.25, -0.2) is 0 Å². The van der Waals surface area contributed by atoms with Gasteiger partial charge in [-0.3, -0.25) is 0 Å². The molecule has 1 aromatic carbocycles. The number of rotatable bonds is 4. The first-order valence-electron chi connectivity index (χ1n) is 9.45. The van der Waals surface area contributed by atoms with E-state index in [1.807, 2.05) is 13.1 Å². The minimum Gasteiger partial charge on any atom is -0.633 e. The third-order valence-electron chi connectivity index (χ3n) is 8.00. The lowest BCUT2D eigenvalue weighted by Gasteiger charge is -2.64. The summed E-state index contributed by atoms with van der Waals surface area (Å²) in [6.07, 6.45) is 1.83. The Labute approximate surface area is 168 Å². The Morgan fingerprint density at radius 3 is 2.67 bits per heavy atom. The predicted octanol–water partition coefficient (Wildman–Crippen LogP) is 2.74. The van der Waals surface area contributed by atoms with Crippen LogP contribution in [0.25, 0.3) is 0 Å². The van der Waals surface area contributed by atoms with Gasteiger partial charge in [0, 0.05) is 44.4 Å². The standard InChI is InChI=1S/C20H26BrNO5/c1-22(23)8-7-19-15-12-5-6-13(24-2)16(15)27-17(19)20(25-3,26-4)10-18(19,11-21)14(22)9-12/h5-6,14,17H,7-11H2,1-4H3/t14-,17-,18-,19+,22+/m1/s1. The highest BCUT2D eigenvalue weighted by atomic mass is 79.9. The van der Waals surface area contributed by atoms with Crippen molar-refractivity contribution in [2.75, 3.05) is 40.3 Å². The Bertz CT molecular complexity index is 810. The minimum absolute atomic E-state index is 0.0734. The van der Waals surface area contributed by atoms with Crippen molar-refractivity contribution in [1.82, 2.24) is 0 Å². The van der Waals surface area contributed by atoms with E-state index in [-0.39, 0.29) is 27.6 Å². The molecule has 7 heteroatoms. The van der Waals surface area contributed by atoms with E-state index in [2.05, 4.69) is 22.0 Å². The van der Waals surface area contributed by atoms with Gasteiger partial charge in [-0.1, -0.05) is 22.0 Å². The molecule has 2 aliphatic carbocycles. The second kappa shape index (κ2) is 5.39. The maximum Gasteiger partial charge on any atom is 0.207 e. The molecule has 27 heavy (non-hydrogen) atoms. The lowest BCUT2D eigenvalue weighted by atomic mass is 9.50. The molecule has 2 fully saturated rings. The highest BCUT2D eigenvalue weighted by molar-refractivity contribution is 9.09. The molecule has 1 aromatic rings. The fourth-order valence-electron chi connectivity index (χ4n) is 6.85. The van der Waals surface area contributed by atoms with Crippen molar-refractivity contribution in [3.8, 4) is 11.5 Å². The normalized spacial score (nSPS) is 42.6. The number of hydroxylamine groups is 3. The van der Waals surface area contributed by atoms with Crippen LogP contribution >= 0.6 is 15.9 Å². The first kappa shape index (κ1) is 18.2. The molecule has 148 valence electrons. The first-order chi connectivity index (χ1) is 12.9. The molecule has 1 spiro atoms. The zero-order valence-corrected chi connectivity index (χ0v) is 17.8. The SMILES string of the molecule is COc1ccc2c3c1O[C@H]1C(OC)(OC)C[C@@]4(CBr)[C@@H](C2)[N@@+](C)([O-])CC[C@]314. The maximum atomic E-state index is 13.6. The molecular formula is C20H26BrNO5. The summed E-state index contributed by atoms with van der Waals surface area (Å²) in [4.78, 5) is 0. The van der Waals surface area contributed by atoms with E-state index in [4.69, 9.17) is 18.9 Å². The highest BCUT2D eigenvalue weighted by Crippen LogP contribution is 2.74. The summed E-state index contributed by atoms with van der Waals surface area (Å²) in [5, 5.41) is 14.3. The number of likely N-dealkylation sites (N-methyl/N-ethyl adjacent to an activating group) is 1. The molecule has 0 amide bonds. The molecule has 0 aromatic heterocycles. The summed E-state index contributed by atoms with van der Waals surface area (Å²) in [5.74, 6) is 0.664. The van der Waals surface area contributed by atoms with Gasteiger partial charge >= 0.3 is 0 Å². The topological polar surface area (TPSA) is 60.0 Å². The molecule has 5 atom stereocenters. The van der Waals surface area contributed by atoms with Crippen LogP contribution in [0.2, 0.25) is 0 Å². The number of benzene rings is 1.